The second kappa shape index (κ2) is 4.13. The minimum absolute atomic E-state index is 0.0771. The van der Waals surface area contributed by atoms with E-state index in [2.05, 4.69) is 23.5 Å². The van der Waals surface area contributed by atoms with Crippen LogP contribution in [0.4, 0.5) is 0 Å². The summed E-state index contributed by atoms with van der Waals surface area (Å²) < 4.78 is 0. The molecule has 0 saturated heterocycles. The number of amides is 1. The molecule has 0 bridgehead atoms. The van der Waals surface area contributed by atoms with Crippen LogP contribution in [-0.4, -0.2) is 5.91 Å². The average molecular weight is 240 g/mol. The van der Waals surface area contributed by atoms with Crippen LogP contribution < -0.4 is 5.32 Å². The van der Waals surface area contributed by atoms with Crippen LogP contribution in [0.25, 0.3) is 0 Å². The summed E-state index contributed by atoms with van der Waals surface area (Å²) in [5, 5.41) is 12.1. The summed E-state index contributed by atoms with van der Waals surface area (Å²) in [4.78, 5) is 12.1. The first-order valence-corrected chi connectivity index (χ1v) is 6.55. The third kappa shape index (κ3) is 1.78. The Morgan fingerprint density at radius 2 is 2.17 bits per heavy atom. The zero-order chi connectivity index (χ0) is 12.6. The minimum Gasteiger partial charge on any atom is -0.348 e. The van der Waals surface area contributed by atoms with E-state index in [1.807, 2.05) is 12.1 Å². The molecule has 1 amide bonds. The number of hydrogen-bond donors (Lipinski definition) is 1. The van der Waals surface area contributed by atoms with Crippen molar-refractivity contribution in [3.63, 3.8) is 0 Å². The predicted octanol–water partition coefficient (Wildman–Crippen LogP) is 2.48. The maximum Gasteiger partial charge on any atom is 0.240 e. The Morgan fingerprint density at radius 1 is 1.39 bits per heavy atom. The Morgan fingerprint density at radius 3 is 2.89 bits per heavy atom. The van der Waals surface area contributed by atoms with Crippen molar-refractivity contribution in [2.75, 3.05) is 0 Å². The number of aryl methyl sites for hydroxylation is 1. The molecule has 1 fully saturated rings. The Labute approximate surface area is 107 Å². The zero-order valence-corrected chi connectivity index (χ0v) is 10.3. The summed E-state index contributed by atoms with van der Waals surface area (Å²) in [6.45, 7) is 0. The minimum atomic E-state index is -0.716. The average Bonchev–Trinajstić information content (AvgIpc) is 3.20. The molecule has 3 rings (SSSR count). The van der Waals surface area contributed by atoms with Crippen molar-refractivity contribution < 1.29 is 4.79 Å². The van der Waals surface area contributed by atoms with Gasteiger partial charge in [-0.15, -0.1) is 0 Å². The molecular weight excluding hydrogens is 224 g/mol. The molecule has 1 atom stereocenters. The van der Waals surface area contributed by atoms with E-state index < -0.39 is 5.41 Å². The molecule has 92 valence electrons. The van der Waals surface area contributed by atoms with Crippen molar-refractivity contribution in [2.24, 2.45) is 5.41 Å². The van der Waals surface area contributed by atoms with Crippen molar-refractivity contribution in [3.8, 4) is 6.07 Å². The molecule has 18 heavy (non-hydrogen) atoms. The van der Waals surface area contributed by atoms with Crippen LogP contribution in [-0.2, 0) is 11.2 Å². The van der Waals surface area contributed by atoms with Gasteiger partial charge < -0.3 is 5.32 Å². The van der Waals surface area contributed by atoms with E-state index in [4.69, 9.17) is 5.26 Å². The molecule has 2 aliphatic carbocycles. The highest BCUT2D eigenvalue weighted by atomic mass is 16.2. The van der Waals surface area contributed by atoms with Gasteiger partial charge >= 0.3 is 0 Å². The first-order chi connectivity index (χ1) is 8.75. The van der Waals surface area contributed by atoms with Crippen LogP contribution in [0.2, 0.25) is 0 Å². The molecule has 0 spiro atoms. The SMILES string of the molecule is N#CC1(C(=O)NC2CCCc3ccccc32)CC1. The van der Waals surface area contributed by atoms with E-state index in [0.29, 0.717) is 12.8 Å². The lowest BCUT2D eigenvalue weighted by Crippen LogP contribution is -2.36. The number of nitrogens with zero attached hydrogens (tertiary/aromatic N) is 1. The van der Waals surface area contributed by atoms with Crippen LogP contribution in [0, 0.1) is 16.7 Å². The third-order valence-electron chi connectivity index (χ3n) is 4.07. The summed E-state index contributed by atoms with van der Waals surface area (Å²) in [5.41, 5.74) is 1.84. The van der Waals surface area contributed by atoms with Gasteiger partial charge in [0.2, 0.25) is 5.91 Å². The quantitative estimate of drug-likeness (QED) is 0.863. The molecule has 3 nitrogen and oxygen atoms in total. The number of nitriles is 1. The number of carbonyl (C=O) groups excluding carboxylic acids is 1. The Hall–Kier alpha value is -1.82. The van der Waals surface area contributed by atoms with Crippen LogP contribution >= 0.6 is 0 Å². The molecule has 1 aromatic rings. The zero-order valence-electron chi connectivity index (χ0n) is 10.3. The molecule has 1 aromatic carbocycles. The summed E-state index contributed by atoms with van der Waals surface area (Å²) in [5.74, 6) is -0.0771. The van der Waals surface area contributed by atoms with E-state index >= 15 is 0 Å². The number of nitrogens with one attached hydrogen (secondary N) is 1. The number of carbonyl (C=O) groups is 1. The van der Waals surface area contributed by atoms with Crippen LogP contribution in [0.1, 0.15) is 42.9 Å². The molecule has 1 N–H and O–H groups in total. The summed E-state index contributed by atoms with van der Waals surface area (Å²) in [7, 11) is 0. The largest absolute Gasteiger partial charge is 0.348 e. The maximum atomic E-state index is 12.1. The molecule has 2 aliphatic rings. The second-order valence-electron chi connectivity index (χ2n) is 5.31. The van der Waals surface area contributed by atoms with Crippen molar-refractivity contribution in [1.82, 2.24) is 5.32 Å². The van der Waals surface area contributed by atoms with Crippen molar-refractivity contribution in [2.45, 2.75) is 38.1 Å². The monoisotopic (exact) mass is 240 g/mol. The summed E-state index contributed by atoms with van der Waals surface area (Å²) >= 11 is 0. The number of hydrogen-bond acceptors (Lipinski definition) is 2. The fraction of sp³-hybridized carbons (Fsp3) is 0.467. The Kier molecular flexibility index (Phi) is 2.59. The first-order valence-electron chi connectivity index (χ1n) is 6.55. The fourth-order valence-electron chi connectivity index (χ4n) is 2.71. The van der Waals surface area contributed by atoms with E-state index in [0.717, 1.165) is 19.3 Å². The molecule has 0 aromatic heterocycles. The van der Waals surface area contributed by atoms with Crippen LogP contribution in [0.15, 0.2) is 24.3 Å². The van der Waals surface area contributed by atoms with Gasteiger partial charge in [0.25, 0.3) is 0 Å². The summed E-state index contributed by atoms with van der Waals surface area (Å²) in [6, 6.07) is 10.5. The summed E-state index contributed by atoms with van der Waals surface area (Å²) in [6.07, 6.45) is 4.59. The highest BCUT2D eigenvalue weighted by Gasteiger charge is 2.51. The Bertz CT molecular complexity index is 526. The number of rotatable bonds is 2. The highest BCUT2D eigenvalue weighted by Crippen LogP contribution is 2.45. The lowest BCUT2D eigenvalue weighted by Gasteiger charge is -2.27. The highest BCUT2D eigenvalue weighted by molar-refractivity contribution is 5.88. The van der Waals surface area contributed by atoms with Gasteiger partial charge in [-0.05, 0) is 43.2 Å². The third-order valence-corrected chi connectivity index (χ3v) is 4.07. The van der Waals surface area contributed by atoms with Crippen molar-refractivity contribution >= 4 is 5.91 Å². The van der Waals surface area contributed by atoms with Gasteiger partial charge in [0.15, 0.2) is 0 Å². The van der Waals surface area contributed by atoms with Gasteiger partial charge in [0.1, 0.15) is 5.41 Å². The lowest BCUT2D eigenvalue weighted by atomic mass is 9.87. The molecule has 1 unspecified atom stereocenters. The first kappa shape index (κ1) is 11.3. The van der Waals surface area contributed by atoms with Crippen molar-refractivity contribution in [1.29, 1.82) is 5.26 Å². The molecule has 3 heteroatoms. The number of fused-ring (bicyclic) bond motifs is 1. The van der Waals surface area contributed by atoms with E-state index in [1.54, 1.807) is 0 Å². The molecule has 1 saturated carbocycles. The lowest BCUT2D eigenvalue weighted by molar-refractivity contribution is -0.125. The van der Waals surface area contributed by atoms with Gasteiger partial charge in [-0.3, -0.25) is 4.79 Å². The van der Waals surface area contributed by atoms with Crippen LogP contribution in [0.5, 0.6) is 0 Å². The molecule has 0 heterocycles. The smallest absolute Gasteiger partial charge is 0.240 e. The van der Waals surface area contributed by atoms with Gasteiger partial charge in [0.05, 0.1) is 12.1 Å². The number of benzene rings is 1. The van der Waals surface area contributed by atoms with E-state index in [1.165, 1.54) is 11.1 Å². The van der Waals surface area contributed by atoms with Gasteiger partial charge in [-0.1, -0.05) is 24.3 Å². The fourth-order valence-corrected chi connectivity index (χ4v) is 2.71. The Balaban J connectivity index is 1.79. The molecule has 0 aliphatic heterocycles. The normalized spacial score (nSPS) is 23.6. The van der Waals surface area contributed by atoms with Crippen LogP contribution in [0.3, 0.4) is 0 Å². The van der Waals surface area contributed by atoms with Gasteiger partial charge in [-0.25, -0.2) is 0 Å². The van der Waals surface area contributed by atoms with E-state index in [9.17, 15) is 4.79 Å². The predicted molar refractivity (Wildman–Crippen MR) is 67.5 cm³/mol. The van der Waals surface area contributed by atoms with Crippen molar-refractivity contribution in [3.05, 3.63) is 35.4 Å². The maximum absolute atomic E-state index is 12.1. The molecule has 0 radical (unpaired) electrons. The second-order valence-corrected chi connectivity index (χ2v) is 5.31. The molecular formula is C15H16N2O. The van der Waals surface area contributed by atoms with E-state index in [-0.39, 0.29) is 11.9 Å². The van der Waals surface area contributed by atoms with Gasteiger partial charge in [-0.2, -0.15) is 5.26 Å². The topological polar surface area (TPSA) is 52.9 Å². The van der Waals surface area contributed by atoms with Gasteiger partial charge in [0, 0.05) is 0 Å². The standard InChI is InChI=1S/C15H16N2O/c16-10-15(8-9-15)14(18)17-13-7-3-5-11-4-1-2-6-12(11)13/h1-2,4,6,13H,3,5,7-9H2,(H,17,18).